The number of nitrogens with one attached hydrogen (secondary N) is 3. The average molecular weight is 349 g/mol. The number of thioether (sulfide) groups is 1. The third-order valence-corrected chi connectivity index (χ3v) is 4.83. The van der Waals surface area contributed by atoms with Gasteiger partial charge in [0.05, 0.1) is 13.7 Å². The van der Waals surface area contributed by atoms with E-state index in [1.165, 1.54) is 7.11 Å². The van der Waals surface area contributed by atoms with Gasteiger partial charge in [0.1, 0.15) is 0 Å². The molecule has 1 heterocycles. The van der Waals surface area contributed by atoms with E-state index in [1.54, 1.807) is 0 Å². The van der Waals surface area contributed by atoms with Crippen LogP contribution in [0.3, 0.4) is 0 Å². The average Bonchev–Trinajstić information content (AvgIpc) is 2.54. The summed E-state index contributed by atoms with van der Waals surface area (Å²) in [6.07, 6.45) is 2.21. The zero-order valence-corrected chi connectivity index (χ0v) is 14.2. The summed E-state index contributed by atoms with van der Waals surface area (Å²) in [6.45, 7) is 1.01. The maximum atomic E-state index is 11.7. The number of aliphatic hydroxyl groups is 2. The zero-order valence-electron chi connectivity index (χ0n) is 13.4. The molecule has 0 radical (unpaired) electrons. The second kappa shape index (κ2) is 11.6. The Morgan fingerprint density at radius 2 is 2.17 bits per heavy atom. The molecule has 0 aliphatic carbocycles. The first-order valence-corrected chi connectivity index (χ1v) is 8.86. The van der Waals surface area contributed by atoms with Crippen LogP contribution in [0.2, 0.25) is 0 Å². The van der Waals surface area contributed by atoms with Crippen LogP contribution < -0.4 is 16.0 Å². The van der Waals surface area contributed by atoms with E-state index >= 15 is 0 Å². The van der Waals surface area contributed by atoms with E-state index in [0.29, 0.717) is 18.1 Å². The predicted octanol–water partition coefficient (Wildman–Crippen LogP) is -1.23. The van der Waals surface area contributed by atoms with Crippen molar-refractivity contribution in [2.24, 2.45) is 0 Å². The van der Waals surface area contributed by atoms with E-state index in [0.717, 1.165) is 31.7 Å². The molecule has 0 bridgehead atoms. The van der Waals surface area contributed by atoms with Crippen molar-refractivity contribution in [3.8, 4) is 0 Å². The van der Waals surface area contributed by atoms with Crippen molar-refractivity contribution >= 4 is 23.6 Å². The Bertz CT molecular complexity index is 372. The molecular formula is C14H27N3O5S. The van der Waals surface area contributed by atoms with Gasteiger partial charge in [-0.2, -0.15) is 11.8 Å². The highest BCUT2D eigenvalue weighted by Crippen LogP contribution is 2.18. The number of methoxy groups -OCH3 is 1. The lowest BCUT2D eigenvalue weighted by molar-refractivity contribution is -0.146. The van der Waals surface area contributed by atoms with Gasteiger partial charge in [-0.15, -0.1) is 0 Å². The molecular weight excluding hydrogens is 322 g/mol. The van der Waals surface area contributed by atoms with Gasteiger partial charge in [0.15, 0.2) is 12.4 Å². The van der Waals surface area contributed by atoms with Gasteiger partial charge in [0.2, 0.25) is 5.91 Å². The molecule has 8 nitrogen and oxygen atoms in total. The van der Waals surface area contributed by atoms with Crippen LogP contribution >= 0.6 is 11.8 Å². The molecule has 0 saturated carbocycles. The van der Waals surface area contributed by atoms with E-state index in [4.69, 9.17) is 5.11 Å². The number of aliphatic hydroxyl groups excluding tert-OH is 2. The number of esters is 1. The number of ether oxygens (including phenoxy) is 1. The van der Waals surface area contributed by atoms with Crippen LogP contribution in [-0.2, 0) is 14.3 Å². The number of amides is 1. The maximum absolute atomic E-state index is 11.7. The fourth-order valence-electron chi connectivity index (χ4n) is 2.23. The van der Waals surface area contributed by atoms with Gasteiger partial charge in [-0.1, -0.05) is 6.42 Å². The highest BCUT2D eigenvalue weighted by Gasteiger charge is 2.20. The van der Waals surface area contributed by atoms with Crippen molar-refractivity contribution in [1.29, 1.82) is 0 Å². The molecule has 1 aliphatic rings. The summed E-state index contributed by atoms with van der Waals surface area (Å²) in [4.78, 5) is 23.0. The monoisotopic (exact) mass is 349 g/mol. The number of carbonyl (C=O) groups is 2. The van der Waals surface area contributed by atoms with Crippen LogP contribution in [0.5, 0.6) is 0 Å². The van der Waals surface area contributed by atoms with Crippen LogP contribution in [0, 0.1) is 0 Å². The van der Waals surface area contributed by atoms with Gasteiger partial charge in [-0.25, -0.2) is 4.79 Å². The first-order valence-electron chi connectivity index (χ1n) is 7.81. The minimum absolute atomic E-state index is 0.266. The minimum atomic E-state index is -0.994. The highest BCUT2D eigenvalue weighted by molar-refractivity contribution is 7.99. The Morgan fingerprint density at radius 3 is 2.87 bits per heavy atom. The fraction of sp³-hybridized carbons (Fsp3) is 0.857. The lowest BCUT2D eigenvalue weighted by Gasteiger charge is -2.24. The van der Waals surface area contributed by atoms with Crippen LogP contribution in [0.4, 0.5) is 0 Å². The quantitative estimate of drug-likeness (QED) is 0.273. The molecule has 1 amide bonds. The molecule has 1 rings (SSSR count). The van der Waals surface area contributed by atoms with Gasteiger partial charge >= 0.3 is 5.97 Å². The fourth-order valence-corrected chi connectivity index (χ4v) is 3.34. The van der Waals surface area contributed by atoms with E-state index in [-0.39, 0.29) is 5.91 Å². The number of rotatable bonds is 8. The summed E-state index contributed by atoms with van der Waals surface area (Å²) in [5.74, 6) is 0.0313. The molecule has 0 aromatic heterocycles. The van der Waals surface area contributed by atoms with Crippen LogP contribution in [0.15, 0.2) is 0 Å². The maximum Gasteiger partial charge on any atom is 0.330 e. The Morgan fingerprint density at radius 1 is 1.39 bits per heavy atom. The highest BCUT2D eigenvalue weighted by atomic mass is 32.2. The smallest absolute Gasteiger partial charge is 0.330 e. The Hall–Kier alpha value is -0.870. The van der Waals surface area contributed by atoms with E-state index in [1.807, 2.05) is 11.8 Å². The van der Waals surface area contributed by atoms with Gasteiger partial charge in [-0.05, 0) is 12.8 Å². The van der Waals surface area contributed by atoms with Crippen LogP contribution in [0.25, 0.3) is 0 Å². The van der Waals surface area contributed by atoms with Gasteiger partial charge < -0.3 is 20.3 Å². The Kier molecular flexibility index (Phi) is 10.2. The van der Waals surface area contributed by atoms with Gasteiger partial charge in [0, 0.05) is 30.5 Å². The SMILES string of the molecule is COC(=O)C(CO)NC(=O)CCCCC1CNC(O)NCCS1. The number of unbranched alkanes of at least 4 members (excludes halogenated alkanes) is 1. The Balaban J connectivity index is 2.17. The lowest BCUT2D eigenvalue weighted by Crippen LogP contribution is -2.47. The van der Waals surface area contributed by atoms with E-state index in [2.05, 4.69) is 20.7 Å². The molecule has 9 heteroatoms. The summed E-state index contributed by atoms with van der Waals surface area (Å²) in [6, 6.07) is -0.994. The number of hydrogen-bond acceptors (Lipinski definition) is 8. The van der Waals surface area contributed by atoms with Crippen molar-refractivity contribution in [2.75, 3.05) is 32.6 Å². The summed E-state index contributed by atoms with van der Waals surface area (Å²) < 4.78 is 4.49. The number of hydrogen-bond donors (Lipinski definition) is 5. The predicted molar refractivity (Wildman–Crippen MR) is 87.8 cm³/mol. The third kappa shape index (κ3) is 8.52. The van der Waals surface area contributed by atoms with Crippen molar-refractivity contribution in [2.45, 2.75) is 43.3 Å². The Labute approximate surface area is 140 Å². The van der Waals surface area contributed by atoms with Crippen LogP contribution in [-0.4, -0.2) is 72.3 Å². The number of carbonyl (C=O) groups excluding carboxylic acids is 2. The molecule has 0 spiro atoms. The van der Waals surface area contributed by atoms with E-state index < -0.39 is 25.0 Å². The summed E-state index contributed by atoms with van der Waals surface area (Å²) in [7, 11) is 1.21. The van der Waals surface area contributed by atoms with Crippen molar-refractivity contribution in [3.05, 3.63) is 0 Å². The second-order valence-electron chi connectivity index (χ2n) is 5.33. The summed E-state index contributed by atoms with van der Waals surface area (Å²) >= 11 is 1.85. The van der Waals surface area contributed by atoms with Crippen LogP contribution in [0.1, 0.15) is 25.7 Å². The van der Waals surface area contributed by atoms with Gasteiger partial charge in [0.25, 0.3) is 0 Å². The molecule has 5 N–H and O–H groups in total. The largest absolute Gasteiger partial charge is 0.467 e. The van der Waals surface area contributed by atoms with Crippen molar-refractivity contribution < 1.29 is 24.5 Å². The summed E-state index contributed by atoms with van der Waals surface area (Å²) in [5, 5.41) is 27.4. The zero-order chi connectivity index (χ0) is 17.1. The molecule has 0 aromatic rings. The first-order chi connectivity index (χ1) is 11.1. The topological polar surface area (TPSA) is 120 Å². The van der Waals surface area contributed by atoms with Gasteiger partial charge in [-0.3, -0.25) is 15.4 Å². The minimum Gasteiger partial charge on any atom is -0.467 e. The molecule has 3 unspecified atom stereocenters. The normalized spacial score (nSPS) is 23.4. The summed E-state index contributed by atoms with van der Waals surface area (Å²) in [5.41, 5.74) is 0. The molecule has 1 saturated heterocycles. The molecule has 1 aliphatic heterocycles. The lowest BCUT2D eigenvalue weighted by atomic mass is 10.1. The third-order valence-electron chi connectivity index (χ3n) is 3.52. The first kappa shape index (κ1) is 20.2. The second-order valence-corrected chi connectivity index (χ2v) is 6.74. The molecule has 1 fully saturated rings. The van der Waals surface area contributed by atoms with Crippen molar-refractivity contribution in [3.63, 3.8) is 0 Å². The van der Waals surface area contributed by atoms with Crippen molar-refractivity contribution in [1.82, 2.24) is 16.0 Å². The molecule has 3 atom stereocenters. The molecule has 0 aromatic carbocycles. The molecule has 23 heavy (non-hydrogen) atoms. The van der Waals surface area contributed by atoms with E-state index in [9.17, 15) is 14.7 Å². The standard InChI is InChI=1S/C14H27N3O5S/c1-22-13(20)11(9-18)17-12(19)5-3-2-4-10-8-16-14(21)15-6-7-23-10/h10-11,14-16,18,21H,2-9H2,1H3,(H,17,19). The molecule has 134 valence electrons.